The van der Waals surface area contributed by atoms with Crippen LogP contribution in [0.15, 0.2) is 24.3 Å². The van der Waals surface area contributed by atoms with E-state index in [0.29, 0.717) is 0 Å². The van der Waals surface area contributed by atoms with E-state index < -0.39 is 6.10 Å². The minimum atomic E-state index is -0.581. The van der Waals surface area contributed by atoms with Gasteiger partial charge in [0.25, 0.3) is 0 Å². The summed E-state index contributed by atoms with van der Waals surface area (Å²) in [5.74, 6) is 5.46. The Kier molecular flexibility index (Phi) is 2.73. The molecule has 0 aromatic heterocycles. The van der Waals surface area contributed by atoms with E-state index in [2.05, 4.69) is 11.8 Å². The topological polar surface area (TPSA) is 46.2 Å². The number of hydrogen-bond donors (Lipinski definition) is 2. The highest BCUT2D eigenvalue weighted by Crippen LogP contribution is 2.03. The molecule has 2 nitrogen and oxygen atoms in total. The van der Waals surface area contributed by atoms with Crippen LogP contribution in [-0.2, 0) is 0 Å². The van der Waals surface area contributed by atoms with Gasteiger partial charge in [-0.2, -0.15) is 0 Å². The maximum atomic E-state index is 8.87. The van der Waals surface area contributed by atoms with E-state index >= 15 is 0 Å². The van der Waals surface area contributed by atoms with Crippen molar-refractivity contribution in [2.45, 2.75) is 13.0 Å². The molecule has 0 aliphatic carbocycles. The van der Waals surface area contributed by atoms with Gasteiger partial charge in [-0.25, -0.2) is 0 Å². The summed E-state index contributed by atoms with van der Waals surface area (Å²) in [6.45, 7) is 1.63. The van der Waals surface area contributed by atoms with Crippen LogP contribution in [0, 0.1) is 11.8 Å². The summed E-state index contributed by atoms with van der Waals surface area (Å²) in [5, 5.41) is 8.87. The fourth-order valence-corrected chi connectivity index (χ4v) is 0.754. The zero-order valence-electron chi connectivity index (χ0n) is 6.91. The van der Waals surface area contributed by atoms with Gasteiger partial charge in [0.2, 0.25) is 0 Å². The van der Waals surface area contributed by atoms with Crippen molar-refractivity contribution in [3.63, 3.8) is 0 Å². The SMILES string of the molecule is CC(O)C#Cc1ccc(N)cc1. The van der Waals surface area contributed by atoms with Crippen LogP contribution < -0.4 is 5.73 Å². The number of aliphatic hydroxyl groups is 1. The minimum absolute atomic E-state index is 0.581. The molecule has 1 rings (SSSR count). The largest absolute Gasteiger partial charge is 0.399 e. The van der Waals surface area contributed by atoms with E-state index in [-0.39, 0.29) is 0 Å². The number of rotatable bonds is 0. The van der Waals surface area contributed by atoms with Crippen LogP contribution in [0.3, 0.4) is 0 Å². The second-order valence-electron chi connectivity index (χ2n) is 2.57. The van der Waals surface area contributed by atoms with Gasteiger partial charge in [-0.3, -0.25) is 0 Å². The zero-order chi connectivity index (χ0) is 8.97. The van der Waals surface area contributed by atoms with E-state index in [1.54, 1.807) is 19.1 Å². The summed E-state index contributed by atoms with van der Waals surface area (Å²) in [7, 11) is 0. The molecule has 0 amide bonds. The number of nitrogens with two attached hydrogens (primary N) is 1. The van der Waals surface area contributed by atoms with Gasteiger partial charge in [0.15, 0.2) is 0 Å². The van der Waals surface area contributed by atoms with Crippen LogP contribution in [0.25, 0.3) is 0 Å². The Morgan fingerprint density at radius 3 is 2.42 bits per heavy atom. The van der Waals surface area contributed by atoms with Crippen molar-refractivity contribution in [1.29, 1.82) is 0 Å². The smallest absolute Gasteiger partial charge is 0.112 e. The van der Waals surface area contributed by atoms with Crippen LogP contribution in [0.5, 0.6) is 0 Å². The number of benzene rings is 1. The Labute approximate surface area is 72.0 Å². The van der Waals surface area contributed by atoms with Crippen molar-refractivity contribution in [3.8, 4) is 11.8 Å². The summed E-state index contributed by atoms with van der Waals surface area (Å²) in [5.41, 5.74) is 7.07. The Bertz CT molecular complexity index is 303. The highest BCUT2D eigenvalue weighted by molar-refractivity contribution is 5.44. The maximum Gasteiger partial charge on any atom is 0.112 e. The van der Waals surface area contributed by atoms with Crippen molar-refractivity contribution in [1.82, 2.24) is 0 Å². The molecule has 0 spiro atoms. The molecule has 0 saturated carbocycles. The minimum Gasteiger partial charge on any atom is -0.399 e. The molecule has 2 heteroatoms. The van der Waals surface area contributed by atoms with Gasteiger partial charge in [0.05, 0.1) is 0 Å². The highest BCUT2D eigenvalue weighted by Gasteiger charge is 1.87. The summed E-state index contributed by atoms with van der Waals surface area (Å²) in [6, 6.07) is 7.22. The first-order valence-corrected chi connectivity index (χ1v) is 3.73. The van der Waals surface area contributed by atoms with Crippen LogP contribution in [0.1, 0.15) is 12.5 Å². The molecule has 1 unspecified atom stereocenters. The van der Waals surface area contributed by atoms with E-state index in [1.165, 1.54) is 0 Å². The normalized spacial score (nSPS) is 11.5. The molecule has 12 heavy (non-hydrogen) atoms. The van der Waals surface area contributed by atoms with Gasteiger partial charge >= 0.3 is 0 Å². The van der Waals surface area contributed by atoms with Gasteiger partial charge in [0.1, 0.15) is 6.10 Å². The monoisotopic (exact) mass is 161 g/mol. The van der Waals surface area contributed by atoms with Gasteiger partial charge in [-0.1, -0.05) is 11.8 Å². The zero-order valence-corrected chi connectivity index (χ0v) is 6.91. The third-order valence-corrected chi connectivity index (χ3v) is 1.34. The molecule has 0 radical (unpaired) electrons. The number of hydrogen-bond acceptors (Lipinski definition) is 2. The van der Waals surface area contributed by atoms with Crippen molar-refractivity contribution in [3.05, 3.63) is 29.8 Å². The molecule has 3 N–H and O–H groups in total. The third kappa shape index (κ3) is 2.65. The first-order valence-electron chi connectivity index (χ1n) is 3.73. The number of nitrogen functional groups attached to an aromatic ring is 1. The fourth-order valence-electron chi connectivity index (χ4n) is 0.754. The lowest BCUT2D eigenvalue weighted by atomic mass is 10.2. The van der Waals surface area contributed by atoms with Gasteiger partial charge in [-0.05, 0) is 31.2 Å². The van der Waals surface area contributed by atoms with Crippen LogP contribution >= 0.6 is 0 Å². The second kappa shape index (κ2) is 3.80. The van der Waals surface area contributed by atoms with E-state index in [9.17, 15) is 0 Å². The lowest BCUT2D eigenvalue weighted by Crippen LogP contribution is -1.92. The van der Waals surface area contributed by atoms with E-state index in [1.807, 2.05) is 12.1 Å². The summed E-state index contributed by atoms with van der Waals surface area (Å²) >= 11 is 0. The van der Waals surface area contributed by atoms with Crippen molar-refractivity contribution in [2.24, 2.45) is 0 Å². The van der Waals surface area contributed by atoms with Crippen LogP contribution in [0.4, 0.5) is 5.69 Å². The van der Waals surface area contributed by atoms with E-state index in [0.717, 1.165) is 11.3 Å². The predicted molar refractivity (Wildman–Crippen MR) is 49.4 cm³/mol. The molecule has 0 bridgehead atoms. The van der Waals surface area contributed by atoms with Crippen LogP contribution in [0.2, 0.25) is 0 Å². The Hall–Kier alpha value is -1.46. The Morgan fingerprint density at radius 2 is 1.92 bits per heavy atom. The quantitative estimate of drug-likeness (QED) is 0.440. The molecule has 1 aromatic carbocycles. The number of aliphatic hydroxyl groups excluding tert-OH is 1. The molecule has 1 aromatic rings. The molecule has 0 aliphatic heterocycles. The maximum absolute atomic E-state index is 8.87. The average Bonchev–Trinajstić information content (AvgIpc) is 2.03. The highest BCUT2D eigenvalue weighted by atomic mass is 16.3. The van der Waals surface area contributed by atoms with Gasteiger partial charge in [0, 0.05) is 11.3 Å². The summed E-state index contributed by atoms with van der Waals surface area (Å²) in [4.78, 5) is 0. The molecule has 0 heterocycles. The predicted octanol–water partition coefficient (Wildman–Crippen LogP) is 1.00. The van der Waals surface area contributed by atoms with Crippen molar-refractivity contribution in [2.75, 3.05) is 5.73 Å². The van der Waals surface area contributed by atoms with Gasteiger partial charge < -0.3 is 10.8 Å². The Morgan fingerprint density at radius 1 is 1.33 bits per heavy atom. The van der Waals surface area contributed by atoms with E-state index in [4.69, 9.17) is 10.8 Å². The molecular formula is C10H11NO. The van der Waals surface area contributed by atoms with Crippen molar-refractivity contribution < 1.29 is 5.11 Å². The summed E-state index contributed by atoms with van der Waals surface area (Å²) < 4.78 is 0. The summed E-state index contributed by atoms with van der Waals surface area (Å²) in [6.07, 6.45) is -0.581. The standard InChI is InChI=1S/C10H11NO/c1-8(12)2-3-9-4-6-10(11)7-5-9/h4-8,12H,11H2,1H3. The molecule has 62 valence electrons. The Balaban J connectivity index is 2.79. The molecule has 1 atom stereocenters. The lowest BCUT2D eigenvalue weighted by molar-refractivity contribution is 0.253. The molecule has 0 saturated heterocycles. The third-order valence-electron chi connectivity index (χ3n) is 1.34. The second-order valence-corrected chi connectivity index (χ2v) is 2.57. The van der Waals surface area contributed by atoms with Gasteiger partial charge in [-0.15, -0.1) is 0 Å². The molecule has 0 fully saturated rings. The van der Waals surface area contributed by atoms with Crippen LogP contribution in [-0.4, -0.2) is 11.2 Å². The van der Waals surface area contributed by atoms with Crippen molar-refractivity contribution >= 4 is 5.69 Å². The average molecular weight is 161 g/mol. The number of anilines is 1. The first-order chi connectivity index (χ1) is 5.68. The molecule has 0 aliphatic rings. The fraction of sp³-hybridized carbons (Fsp3) is 0.200. The lowest BCUT2D eigenvalue weighted by Gasteiger charge is -1.92. The first kappa shape index (κ1) is 8.63. The molecular weight excluding hydrogens is 150 g/mol.